The van der Waals surface area contributed by atoms with E-state index >= 15 is 0 Å². The largest absolute Gasteiger partial charge is 0.496 e. The molecule has 2 aromatic carbocycles. The highest BCUT2D eigenvalue weighted by molar-refractivity contribution is 6.25. The van der Waals surface area contributed by atoms with Crippen molar-refractivity contribution >= 4 is 22.6 Å². The number of hydrogen-bond donors (Lipinski definition) is 1. The number of carbonyl (C=O) groups is 2. The van der Waals surface area contributed by atoms with Crippen molar-refractivity contribution in [1.82, 2.24) is 15.3 Å². The zero-order chi connectivity index (χ0) is 17.3. The molecule has 3 rings (SSSR count). The van der Waals surface area contributed by atoms with E-state index < -0.39 is 0 Å². The molecule has 0 unspecified atom stereocenters. The van der Waals surface area contributed by atoms with Gasteiger partial charge in [0.15, 0.2) is 0 Å². The smallest absolute Gasteiger partial charge is 0.275 e. The number of hydrazine groups is 1. The number of hydrogen-bond acceptors (Lipinski definition) is 5. The summed E-state index contributed by atoms with van der Waals surface area (Å²) in [4.78, 5) is 27.5. The van der Waals surface area contributed by atoms with Gasteiger partial charge < -0.3 is 9.64 Å². The number of amides is 2. The Balaban J connectivity index is 1.94. The van der Waals surface area contributed by atoms with Gasteiger partial charge in [-0.25, -0.2) is 10.4 Å². The maximum Gasteiger partial charge on any atom is 0.275 e. The second kappa shape index (κ2) is 6.59. The third-order valence-corrected chi connectivity index (χ3v) is 4.14. The fourth-order valence-electron chi connectivity index (χ4n) is 2.98. The van der Waals surface area contributed by atoms with E-state index in [1.54, 1.807) is 25.3 Å². The van der Waals surface area contributed by atoms with Crippen molar-refractivity contribution in [2.24, 2.45) is 0 Å². The molecule has 0 fully saturated rings. The van der Waals surface area contributed by atoms with Crippen LogP contribution in [0.1, 0.15) is 27.1 Å². The zero-order valence-electron chi connectivity index (χ0n) is 14.1. The predicted octanol–water partition coefficient (Wildman–Crippen LogP) is 1.90. The van der Waals surface area contributed by atoms with Crippen molar-refractivity contribution in [2.75, 3.05) is 34.3 Å². The monoisotopic (exact) mass is 327 g/mol. The van der Waals surface area contributed by atoms with Crippen molar-refractivity contribution in [3.05, 3.63) is 41.5 Å². The van der Waals surface area contributed by atoms with Gasteiger partial charge in [-0.15, -0.1) is 0 Å². The third kappa shape index (κ3) is 2.74. The first kappa shape index (κ1) is 16.4. The second-order valence-electron chi connectivity index (χ2n) is 6.05. The highest BCUT2D eigenvalue weighted by Crippen LogP contribution is 2.34. The molecule has 1 N–H and O–H groups in total. The minimum Gasteiger partial charge on any atom is -0.496 e. The van der Waals surface area contributed by atoms with E-state index in [4.69, 9.17) is 4.74 Å². The topological polar surface area (TPSA) is 61.9 Å². The summed E-state index contributed by atoms with van der Waals surface area (Å²) in [7, 11) is 5.55. The Kier molecular flexibility index (Phi) is 4.51. The third-order valence-electron chi connectivity index (χ3n) is 4.14. The molecule has 1 heterocycles. The Bertz CT molecular complexity index is 779. The normalized spacial score (nSPS) is 13.9. The molecule has 0 saturated heterocycles. The van der Waals surface area contributed by atoms with Gasteiger partial charge in [-0.1, -0.05) is 12.1 Å². The Labute approximate surface area is 141 Å². The Morgan fingerprint density at radius 2 is 1.79 bits per heavy atom. The molecule has 0 aromatic heterocycles. The first-order chi connectivity index (χ1) is 11.5. The number of methoxy groups -OCH3 is 1. The summed E-state index contributed by atoms with van der Waals surface area (Å²) in [6, 6.07) is 8.89. The quantitative estimate of drug-likeness (QED) is 0.648. The van der Waals surface area contributed by atoms with Crippen LogP contribution in [0.5, 0.6) is 5.75 Å². The highest BCUT2D eigenvalue weighted by atomic mass is 16.5. The summed E-state index contributed by atoms with van der Waals surface area (Å²) in [5.41, 5.74) is 4.00. The summed E-state index contributed by atoms with van der Waals surface area (Å²) in [5.74, 6) is 0.0102. The molecule has 0 saturated carbocycles. The summed E-state index contributed by atoms with van der Waals surface area (Å²) < 4.78 is 5.35. The summed E-state index contributed by atoms with van der Waals surface area (Å²) >= 11 is 0. The van der Waals surface area contributed by atoms with Crippen LogP contribution in [0.3, 0.4) is 0 Å². The Hall–Kier alpha value is -2.44. The maximum atomic E-state index is 12.7. The molecule has 0 spiro atoms. The lowest BCUT2D eigenvalue weighted by Crippen LogP contribution is -2.49. The van der Waals surface area contributed by atoms with Crippen LogP contribution in [-0.4, -0.2) is 56.0 Å². The van der Waals surface area contributed by atoms with Gasteiger partial charge in [-0.3, -0.25) is 9.59 Å². The molecule has 6 heteroatoms. The molecule has 2 amide bonds. The van der Waals surface area contributed by atoms with Gasteiger partial charge in [0.2, 0.25) is 0 Å². The summed E-state index contributed by atoms with van der Waals surface area (Å²) in [6.45, 7) is 1.43. The van der Waals surface area contributed by atoms with Crippen LogP contribution >= 0.6 is 0 Å². The average Bonchev–Trinajstić information content (AvgIpc) is 2.58. The van der Waals surface area contributed by atoms with Crippen molar-refractivity contribution in [2.45, 2.75) is 6.42 Å². The first-order valence-corrected chi connectivity index (χ1v) is 7.91. The highest BCUT2D eigenvalue weighted by Gasteiger charge is 2.33. The van der Waals surface area contributed by atoms with Crippen LogP contribution in [0.2, 0.25) is 0 Å². The van der Waals surface area contributed by atoms with E-state index in [1.165, 1.54) is 0 Å². The lowest BCUT2D eigenvalue weighted by molar-refractivity contribution is 0.0519. The molecular formula is C18H21N3O3. The second-order valence-corrected chi connectivity index (χ2v) is 6.05. The van der Waals surface area contributed by atoms with Crippen molar-refractivity contribution in [3.63, 3.8) is 0 Å². The van der Waals surface area contributed by atoms with E-state index in [2.05, 4.69) is 10.3 Å². The molecule has 1 aliphatic heterocycles. The zero-order valence-corrected chi connectivity index (χ0v) is 14.1. The molecule has 0 radical (unpaired) electrons. The van der Waals surface area contributed by atoms with Crippen LogP contribution in [0.25, 0.3) is 10.8 Å². The number of nitrogens with one attached hydrogen (secondary N) is 1. The molecule has 0 bridgehead atoms. The number of benzene rings is 2. The Morgan fingerprint density at radius 1 is 1.08 bits per heavy atom. The van der Waals surface area contributed by atoms with Crippen molar-refractivity contribution < 1.29 is 14.3 Å². The fourth-order valence-corrected chi connectivity index (χ4v) is 2.98. The Morgan fingerprint density at radius 3 is 2.46 bits per heavy atom. The SMILES string of the molecule is COc1ccc2c3c(cccc13)C(=O)N(NCCCN(C)C)C2=O. The van der Waals surface area contributed by atoms with E-state index in [9.17, 15) is 9.59 Å². The molecule has 2 aromatic rings. The molecule has 0 atom stereocenters. The van der Waals surface area contributed by atoms with Crippen molar-refractivity contribution in [3.8, 4) is 5.75 Å². The van der Waals surface area contributed by atoms with E-state index in [1.807, 2.05) is 26.2 Å². The van der Waals surface area contributed by atoms with Crippen LogP contribution in [0, 0.1) is 0 Å². The molecule has 24 heavy (non-hydrogen) atoms. The van der Waals surface area contributed by atoms with Crippen LogP contribution in [0.15, 0.2) is 30.3 Å². The fraction of sp³-hybridized carbons (Fsp3) is 0.333. The molecule has 0 aliphatic carbocycles. The van der Waals surface area contributed by atoms with E-state index in [0.29, 0.717) is 28.8 Å². The van der Waals surface area contributed by atoms with Gasteiger partial charge in [0.05, 0.1) is 18.2 Å². The summed E-state index contributed by atoms with van der Waals surface area (Å²) in [5, 5.41) is 2.57. The maximum absolute atomic E-state index is 12.7. The number of ether oxygens (including phenoxy) is 1. The van der Waals surface area contributed by atoms with Crippen LogP contribution in [-0.2, 0) is 0 Å². The minimum absolute atomic E-state index is 0.323. The van der Waals surface area contributed by atoms with Gasteiger partial charge in [0, 0.05) is 17.3 Å². The van der Waals surface area contributed by atoms with Gasteiger partial charge in [-0.05, 0) is 45.3 Å². The lowest BCUT2D eigenvalue weighted by Gasteiger charge is -2.28. The minimum atomic E-state index is -0.323. The molecule has 126 valence electrons. The van der Waals surface area contributed by atoms with Gasteiger partial charge in [-0.2, -0.15) is 0 Å². The predicted molar refractivity (Wildman–Crippen MR) is 92.2 cm³/mol. The molecular weight excluding hydrogens is 306 g/mol. The lowest BCUT2D eigenvalue weighted by atomic mass is 9.94. The summed E-state index contributed by atoms with van der Waals surface area (Å²) in [6.07, 6.45) is 0.837. The number of imide groups is 1. The van der Waals surface area contributed by atoms with Gasteiger partial charge in [0.25, 0.3) is 11.8 Å². The molecule has 1 aliphatic rings. The van der Waals surface area contributed by atoms with Gasteiger partial charge in [0.1, 0.15) is 5.75 Å². The van der Waals surface area contributed by atoms with Gasteiger partial charge >= 0.3 is 0 Å². The van der Waals surface area contributed by atoms with Crippen LogP contribution < -0.4 is 10.2 Å². The first-order valence-electron chi connectivity index (χ1n) is 7.91. The number of rotatable bonds is 6. The average molecular weight is 327 g/mol. The number of nitrogens with zero attached hydrogens (tertiary/aromatic N) is 2. The van der Waals surface area contributed by atoms with E-state index in [0.717, 1.165) is 23.4 Å². The number of carbonyl (C=O) groups excluding carboxylic acids is 2. The standard InChI is InChI=1S/C18H21N3O3/c1-20(2)11-5-10-19-21-17(22)13-7-4-6-12-15(24-3)9-8-14(16(12)13)18(21)23/h4,6-9,19H,5,10-11H2,1-3H3. The van der Waals surface area contributed by atoms with E-state index in [-0.39, 0.29) is 11.8 Å². The van der Waals surface area contributed by atoms with Crippen LogP contribution in [0.4, 0.5) is 0 Å². The van der Waals surface area contributed by atoms with Crippen molar-refractivity contribution in [1.29, 1.82) is 0 Å². The molecule has 6 nitrogen and oxygen atoms in total.